The SMILES string of the molecule is Cc1cn([C@@H]2O[C@H](CO[P@@](=O)(N[C@H](C)C(=O)OC(C)C)Oc3ccccc3)[C@@H](O)[C@H]2N=[N+]=[N-])c(=O)[nH]c1=O. The fourth-order valence-electron chi connectivity index (χ4n) is 3.56. The van der Waals surface area contributed by atoms with E-state index in [4.69, 9.17) is 24.1 Å². The second kappa shape index (κ2) is 12.4. The number of nitrogens with one attached hydrogen (secondary N) is 2. The van der Waals surface area contributed by atoms with Crippen molar-refractivity contribution in [3.05, 3.63) is 73.4 Å². The molecule has 0 saturated carbocycles. The Labute approximate surface area is 216 Å². The molecule has 16 heteroatoms. The normalized spacial score (nSPS) is 23.3. The zero-order chi connectivity index (χ0) is 28.0. The van der Waals surface area contributed by atoms with E-state index in [0.29, 0.717) is 0 Å². The third-order valence-electron chi connectivity index (χ3n) is 5.38. The molecular weight excluding hydrogens is 523 g/mol. The monoisotopic (exact) mass is 552 g/mol. The number of hydrogen-bond acceptors (Lipinski definition) is 10. The molecule has 1 fully saturated rings. The second-order valence-electron chi connectivity index (χ2n) is 8.76. The molecule has 206 valence electrons. The molecule has 1 aliphatic heterocycles. The van der Waals surface area contributed by atoms with Crippen LogP contribution in [0.1, 0.15) is 32.6 Å². The summed E-state index contributed by atoms with van der Waals surface area (Å²) in [5, 5.41) is 16.8. The number of rotatable bonds is 11. The Morgan fingerprint density at radius 3 is 2.63 bits per heavy atom. The van der Waals surface area contributed by atoms with E-state index >= 15 is 0 Å². The van der Waals surface area contributed by atoms with Crippen LogP contribution < -0.4 is 20.9 Å². The molecule has 0 radical (unpaired) electrons. The van der Waals surface area contributed by atoms with Gasteiger partial charge in [0, 0.05) is 16.7 Å². The first-order valence-electron chi connectivity index (χ1n) is 11.6. The van der Waals surface area contributed by atoms with Gasteiger partial charge in [0.1, 0.15) is 30.2 Å². The third-order valence-corrected chi connectivity index (χ3v) is 7.02. The van der Waals surface area contributed by atoms with Crippen LogP contribution in [-0.4, -0.2) is 57.6 Å². The fraction of sp³-hybridized carbons (Fsp3) is 0.500. The molecule has 6 atom stereocenters. The molecule has 1 aliphatic rings. The van der Waals surface area contributed by atoms with Gasteiger partial charge in [-0.1, -0.05) is 23.3 Å². The number of ether oxygens (including phenoxy) is 2. The number of esters is 1. The number of azide groups is 1. The molecule has 15 nitrogen and oxygen atoms in total. The summed E-state index contributed by atoms with van der Waals surface area (Å²) in [4.78, 5) is 41.3. The number of aliphatic hydroxyl groups excluding tert-OH is 1. The van der Waals surface area contributed by atoms with Crippen molar-refractivity contribution in [3.8, 4) is 5.75 Å². The van der Waals surface area contributed by atoms with Crippen LogP contribution in [-0.2, 0) is 23.4 Å². The average molecular weight is 552 g/mol. The van der Waals surface area contributed by atoms with E-state index in [1.165, 1.54) is 32.2 Å². The van der Waals surface area contributed by atoms with Gasteiger partial charge in [0.2, 0.25) is 0 Å². The number of carbonyl (C=O) groups excluding carboxylic acids is 1. The fourth-order valence-corrected chi connectivity index (χ4v) is 5.06. The van der Waals surface area contributed by atoms with E-state index < -0.39 is 68.2 Å². The van der Waals surface area contributed by atoms with E-state index in [9.17, 15) is 24.1 Å². The first kappa shape index (κ1) is 29.1. The maximum atomic E-state index is 13.7. The number of carbonyl (C=O) groups is 1. The molecule has 2 aromatic rings. The van der Waals surface area contributed by atoms with E-state index in [0.717, 1.165) is 4.57 Å². The number of aromatic amines is 1. The molecule has 0 aliphatic carbocycles. The quantitative estimate of drug-likeness (QED) is 0.121. The van der Waals surface area contributed by atoms with Crippen LogP contribution in [0.25, 0.3) is 10.4 Å². The summed E-state index contributed by atoms with van der Waals surface area (Å²) in [5.74, 6) is -0.533. The lowest BCUT2D eigenvalue weighted by molar-refractivity contribution is -0.149. The van der Waals surface area contributed by atoms with Gasteiger partial charge in [0.15, 0.2) is 0 Å². The molecule has 2 heterocycles. The van der Waals surface area contributed by atoms with E-state index in [-0.39, 0.29) is 11.3 Å². The molecule has 1 saturated heterocycles. The number of nitrogens with zero attached hydrogens (tertiary/aromatic N) is 4. The maximum absolute atomic E-state index is 13.7. The highest BCUT2D eigenvalue weighted by atomic mass is 31.2. The Hall–Kier alpha value is -3.45. The molecule has 0 bridgehead atoms. The predicted molar refractivity (Wildman–Crippen MR) is 133 cm³/mol. The lowest BCUT2D eigenvalue weighted by Crippen LogP contribution is -2.38. The van der Waals surface area contributed by atoms with Gasteiger partial charge in [-0.15, -0.1) is 0 Å². The van der Waals surface area contributed by atoms with Gasteiger partial charge in [0.25, 0.3) is 5.56 Å². The molecule has 1 aromatic heterocycles. The Balaban J connectivity index is 1.84. The minimum absolute atomic E-state index is 0.167. The highest BCUT2D eigenvalue weighted by Gasteiger charge is 2.46. The van der Waals surface area contributed by atoms with E-state index in [1.54, 1.807) is 32.0 Å². The molecule has 3 N–H and O–H groups in total. The lowest BCUT2D eigenvalue weighted by Gasteiger charge is -2.25. The van der Waals surface area contributed by atoms with E-state index in [1.807, 2.05) is 0 Å². The Bertz CT molecular complexity index is 1340. The Morgan fingerprint density at radius 1 is 1.32 bits per heavy atom. The molecular formula is C22H29N6O9P. The van der Waals surface area contributed by atoms with Crippen molar-refractivity contribution < 1.29 is 33.0 Å². The van der Waals surface area contributed by atoms with Crippen LogP contribution in [0.5, 0.6) is 5.75 Å². The van der Waals surface area contributed by atoms with Crippen molar-refractivity contribution >= 4 is 13.7 Å². The standard InChI is InChI=1S/C22H29N6O9P/c1-12(2)35-21(31)14(4)26-38(33,37-15-8-6-5-7-9-15)34-11-16-18(29)17(25-27-23)20(36-16)28-10-13(3)19(30)24-22(28)32/h5-10,12,14,16-18,20,29H,11H2,1-4H3,(H,26,33)(H,24,30,32)/t14-,16-,17-,18-,20-,38+/m1/s1. The Morgan fingerprint density at radius 2 is 2.00 bits per heavy atom. The molecule has 0 unspecified atom stereocenters. The summed E-state index contributed by atoms with van der Waals surface area (Å²) >= 11 is 0. The van der Waals surface area contributed by atoms with Gasteiger partial charge in [0.05, 0.1) is 18.8 Å². The average Bonchev–Trinajstić information content (AvgIpc) is 3.15. The van der Waals surface area contributed by atoms with Gasteiger partial charge in [-0.2, -0.15) is 5.09 Å². The number of aryl methyl sites for hydroxylation is 1. The summed E-state index contributed by atoms with van der Waals surface area (Å²) in [7, 11) is -4.29. The predicted octanol–water partition coefficient (Wildman–Crippen LogP) is 1.92. The highest BCUT2D eigenvalue weighted by Crippen LogP contribution is 2.46. The molecule has 0 spiro atoms. The molecule has 0 amide bonds. The van der Waals surface area contributed by atoms with Crippen LogP contribution in [0.15, 0.2) is 51.2 Å². The van der Waals surface area contributed by atoms with Crippen molar-refractivity contribution in [1.82, 2.24) is 14.6 Å². The van der Waals surface area contributed by atoms with Crippen LogP contribution in [0.3, 0.4) is 0 Å². The van der Waals surface area contributed by atoms with E-state index in [2.05, 4.69) is 20.1 Å². The number of aromatic nitrogens is 2. The summed E-state index contributed by atoms with van der Waals surface area (Å²) in [6.45, 7) is 5.62. The number of hydrogen-bond donors (Lipinski definition) is 3. The van der Waals surface area contributed by atoms with Crippen LogP contribution >= 0.6 is 7.75 Å². The molecule has 1 aromatic carbocycles. The number of aliphatic hydroxyl groups is 1. The van der Waals surface area contributed by atoms with Crippen molar-refractivity contribution in [2.45, 2.75) is 64.3 Å². The largest absolute Gasteiger partial charge is 0.462 e. The zero-order valence-electron chi connectivity index (χ0n) is 21.1. The van der Waals surface area contributed by atoms with Crippen LogP contribution in [0.4, 0.5) is 0 Å². The summed E-state index contributed by atoms with van der Waals surface area (Å²) in [6, 6.07) is 5.64. The topological polar surface area (TPSA) is 207 Å². The summed E-state index contributed by atoms with van der Waals surface area (Å²) in [6.07, 6.45) is -3.27. The number of para-hydroxylation sites is 1. The first-order chi connectivity index (χ1) is 17.9. The Kier molecular flexibility index (Phi) is 9.50. The molecule has 3 rings (SSSR count). The third kappa shape index (κ3) is 7.10. The first-order valence-corrected chi connectivity index (χ1v) is 13.2. The zero-order valence-corrected chi connectivity index (χ0v) is 22.0. The van der Waals surface area contributed by atoms with Gasteiger partial charge in [-0.3, -0.25) is 23.7 Å². The van der Waals surface area contributed by atoms with Gasteiger partial charge in [-0.05, 0) is 45.4 Å². The summed E-state index contributed by atoms with van der Waals surface area (Å²) in [5.41, 5.74) is 7.71. The maximum Gasteiger partial charge on any atom is 0.459 e. The van der Waals surface area contributed by atoms with Crippen LogP contribution in [0, 0.1) is 6.92 Å². The van der Waals surface area contributed by atoms with Gasteiger partial charge in [-0.25, -0.2) is 9.36 Å². The van der Waals surface area contributed by atoms with Gasteiger partial charge < -0.3 is 19.1 Å². The van der Waals surface area contributed by atoms with Crippen molar-refractivity contribution in [1.29, 1.82) is 0 Å². The van der Waals surface area contributed by atoms with Crippen molar-refractivity contribution in [3.63, 3.8) is 0 Å². The molecule has 38 heavy (non-hydrogen) atoms. The summed E-state index contributed by atoms with van der Waals surface area (Å²) < 4.78 is 36.6. The smallest absolute Gasteiger partial charge is 0.459 e. The van der Waals surface area contributed by atoms with Gasteiger partial charge >= 0.3 is 19.4 Å². The van der Waals surface area contributed by atoms with Crippen LogP contribution in [0.2, 0.25) is 0 Å². The minimum atomic E-state index is -4.29. The van der Waals surface area contributed by atoms with Crippen molar-refractivity contribution in [2.24, 2.45) is 5.11 Å². The number of benzene rings is 1. The number of H-pyrrole nitrogens is 1. The van der Waals surface area contributed by atoms with Crippen molar-refractivity contribution in [2.75, 3.05) is 6.61 Å². The highest BCUT2D eigenvalue weighted by molar-refractivity contribution is 7.52. The second-order valence-corrected chi connectivity index (χ2v) is 10.5. The minimum Gasteiger partial charge on any atom is -0.462 e. The lowest BCUT2D eigenvalue weighted by atomic mass is 10.1.